The number of hydrogen-bond acceptors (Lipinski definition) is 2. The molecular weight excluding hydrogens is 210 g/mol. The van der Waals surface area contributed by atoms with E-state index in [2.05, 4.69) is 11.9 Å². The fourth-order valence-corrected chi connectivity index (χ4v) is 2.16. The van der Waals surface area contributed by atoms with Crippen LogP contribution in [0.1, 0.15) is 18.4 Å². The smallest absolute Gasteiger partial charge is 0.0920 e. The first-order valence-corrected chi connectivity index (χ1v) is 5.65. The molecule has 0 spiro atoms. The molecular formula is C12H16ClNO. The topological polar surface area (TPSA) is 23.5 Å². The SMILES string of the molecule is CN1CCC(O)(c2ccc(Cl)cc2)CC1. The molecule has 1 aliphatic rings. The summed E-state index contributed by atoms with van der Waals surface area (Å²) in [5, 5.41) is 11.2. The first-order chi connectivity index (χ1) is 7.10. The van der Waals surface area contributed by atoms with E-state index < -0.39 is 5.60 Å². The van der Waals surface area contributed by atoms with Crippen molar-refractivity contribution in [3.63, 3.8) is 0 Å². The quantitative estimate of drug-likeness (QED) is 0.793. The molecule has 1 aliphatic heterocycles. The van der Waals surface area contributed by atoms with Crippen molar-refractivity contribution >= 4 is 11.6 Å². The van der Waals surface area contributed by atoms with Gasteiger partial charge in [0.25, 0.3) is 0 Å². The van der Waals surface area contributed by atoms with E-state index in [1.54, 1.807) is 0 Å². The normalized spacial score (nSPS) is 21.5. The lowest BCUT2D eigenvalue weighted by atomic mass is 9.85. The van der Waals surface area contributed by atoms with E-state index in [0.717, 1.165) is 36.5 Å². The van der Waals surface area contributed by atoms with Crippen molar-refractivity contribution in [1.29, 1.82) is 0 Å². The van der Waals surface area contributed by atoms with E-state index in [4.69, 9.17) is 11.6 Å². The molecule has 3 heteroatoms. The van der Waals surface area contributed by atoms with Gasteiger partial charge in [-0.15, -0.1) is 0 Å². The monoisotopic (exact) mass is 225 g/mol. The van der Waals surface area contributed by atoms with E-state index in [9.17, 15) is 5.11 Å². The molecule has 0 radical (unpaired) electrons. The van der Waals surface area contributed by atoms with Crippen LogP contribution in [0.25, 0.3) is 0 Å². The highest BCUT2D eigenvalue weighted by Crippen LogP contribution is 2.32. The van der Waals surface area contributed by atoms with Crippen LogP contribution in [0.2, 0.25) is 5.02 Å². The third kappa shape index (κ3) is 2.33. The van der Waals surface area contributed by atoms with Gasteiger partial charge in [0, 0.05) is 18.1 Å². The Morgan fingerprint density at radius 1 is 1.20 bits per heavy atom. The summed E-state index contributed by atoms with van der Waals surface area (Å²) in [6.45, 7) is 1.89. The van der Waals surface area contributed by atoms with Crippen LogP contribution in [-0.2, 0) is 5.60 Å². The molecule has 1 saturated heterocycles. The van der Waals surface area contributed by atoms with Crippen LogP contribution in [0.15, 0.2) is 24.3 Å². The zero-order valence-electron chi connectivity index (χ0n) is 8.91. The number of piperidine rings is 1. The summed E-state index contributed by atoms with van der Waals surface area (Å²) in [6, 6.07) is 7.53. The summed E-state index contributed by atoms with van der Waals surface area (Å²) >= 11 is 5.83. The molecule has 1 fully saturated rings. The van der Waals surface area contributed by atoms with Crippen molar-refractivity contribution in [2.45, 2.75) is 18.4 Å². The summed E-state index contributed by atoms with van der Waals surface area (Å²) in [5.41, 5.74) is 0.330. The zero-order chi connectivity index (χ0) is 10.9. The van der Waals surface area contributed by atoms with E-state index in [1.807, 2.05) is 24.3 Å². The van der Waals surface area contributed by atoms with Gasteiger partial charge in [0.05, 0.1) is 5.60 Å². The molecule has 0 unspecified atom stereocenters. The maximum atomic E-state index is 10.5. The van der Waals surface area contributed by atoms with Crippen molar-refractivity contribution in [2.24, 2.45) is 0 Å². The minimum atomic E-state index is -0.656. The maximum absolute atomic E-state index is 10.5. The fourth-order valence-electron chi connectivity index (χ4n) is 2.04. The first-order valence-electron chi connectivity index (χ1n) is 5.27. The average molecular weight is 226 g/mol. The number of nitrogens with zero attached hydrogens (tertiary/aromatic N) is 1. The third-order valence-corrected chi connectivity index (χ3v) is 3.45. The molecule has 82 valence electrons. The average Bonchev–Trinajstić information content (AvgIpc) is 2.24. The van der Waals surface area contributed by atoms with Crippen LogP contribution >= 0.6 is 11.6 Å². The minimum absolute atomic E-state index is 0.656. The van der Waals surface area contributed by atoms with Crippen molar-refractivity contribution in [1.82, 2.24) is 4.90 Å². The predicted octanol–water partition coefficient (Wildman–Crippen LogP) is 2.25. The second-order valence-electron chi connectivity index (χ2n) is 4.34. The van der Waals surface area contributed by atoms with Gasteiger partial charge >= 0.3 is 0 Å². The Labute approximate surface area is 95.5 Å². The van der Waals surface area contributed by atoms with Gasteiger partial charge in [-0.05, 0) is 37.6 Å². The number of benzene rings is 1. The van der Waals surface area contributed by atoms with Crippen molar-refractivity contribution < 1.29 is 5.11 Å². The van der Waals surface area contributed by atoms with Gasteiger partial charge in [0.15, 0.2) is 0 Å². The lowest BCUT2D eigenvalue weighted by Crippen LogP contribution is -2.40. The van der Waals surface area contributed by atoms with Gasteiger partial charge in [0.2, 0.25) is 0 Å². The molecule has 0 bridgehead atoms. The summed E-state index contributed by atoms with van der Waals surface area (Å²) in [7, 11) is 2.08. The molecule has 0 atom stereocenters. The van der Waals surface area contributed by atoms with Crippen LogP contribution in [0, 0.1) is 0 Å². The summed E-state index contributed by atoms with van der Waals surface area (Å²) in [4.78, 5) is 2.24. The van der Waals surface area contributed by atoms with Crippen molar-refractivity contribution in [2.75, 3.05) is 20.1 Å². The summed E-state index contributed by atoms with van der Waals surface area (Å²) < 4.78 is 0. The molecule has 0 aromatic heterocycles. The molecule has 0 aliphatic carbocycles. The minimum Gasteiger partial charge on any atom is -0.385 e. The Hall–Kier alpha value is -0.570. The molecule has 1 aromatic rings. The molecule has 2 rings (SSSR count). The number of hydrogen-bond donors (Lipinski definition) is 1. The molecule has 0 saturated carbocycles. The predicted molar refractivity (Wildman–Crippen MR) is 62.1 cm³/mol. The van der Waals surface area contributed by atoms with Gasteiger partial charge in [-0.1, -0.05) is 23.7 Å². The first kappa shape index (κ1) is 10.9. The van der Waals surface area contributed by atoms with Crippen LogP contribution in [0.4, 0.5) is 0 Å². The largest absolute Gasteiger partial charge is 0.385 e. The van der Waals surface area contributed by atoms with Crippen LogP contribution < -0.4 is 0 Å². The maximum Gasteiger partial charge on any atom is 0.0920 e. The highest BCUT2D eigenvalue weighted by Gasteiger charge is 2.32. The molecule has 2 nitrogen and oxygen atoms in total. The van der Waals surface area contributed by atoms with Crippen molar-refractivity contribution in [3.05, 3.63) is 34.9 Å². The zero-order valence-corrected chi connectivity index (χ0v) is 9.67. The van der Waals surface area contributed by atoms with Gasteiger partial charge in [-0.2, -0.15) is 0 Å². The Bertz CT molecular complexity index is 328. The Morgan fingerprint density at radius 3 is 2.27 bits per heavy atom. The van der Waals surface area contributed by atoms with E-state index in [0.29, 0.717) is 0 Å². The van der Waals surface area contributed by atoms with E-state index in [1.165, 1.54) is 0 Å². The van der Waals surface area contributed by atoms with E-state index in [-0.39, 0.29) is 0 Å². The summed E-state index contributed by atoms with van der Waals surface area (Å²) in [5.74, 6) is 0. The molecule has 1 N–H and O–H groups in total. The van der Waals surface area contributed by atoms with Crippen LogP contribution in [-0.4, -0.2) is 30.1 Å². The molecule has 1 heterocycles. The van der Waals surface area contributed by atoms with Gasteiger partial charge in [-0.25, -0.2) is 0 Å². The van der Waals surface area contributed by atoms with Crippen molar-refractivity contribution in [3.8, 4) is 0 Å². The summed E-state index contributed by atoms with van der Waals surface area (Å²) in [6.07, 6.45) is 1.59. The van der Waals surface area contributed by atoms with E-state index >= 15 is 0 Å². The Balaban J connectivity index is 2.18. The van der Waals surface area contributed by atoms with Crippen LogP contribution in [0.5, 0.6) is 0 Å². The number of halogens is 1. The fraction of sp³-hybridized carbons (Fsp3) is 0.500. The second-order valence-corrected chi connectivity index (χ2v) is 4.78. The lowest BCUT2D eigenvalue weighted by molar-refractivity contribution is -0.0203. The van der Waals surface area contributed by atoms with Crippen LogP contribution in [0.3, 0.4) is 0 Å². The Morgan fingerprint density at radius 2 is 1.73 bits per heavy atom. The lowest BCUT2D eigenvalue weighted by Gasteiger charge is -2.36. The number of rotatable bonds is 1. The standard InChI is InChI=1S/C12H16ClNO/c1-14-8-6-12(15,7-9-14)10-2-4-11(13)5-3-10/h2-5,15H,6-9H2,1H3. The third-order valence-electron chi connectivity index (χ3n) is 3.20. The molecule has 1 aromatic carbocycles. The second kappa shape index (κ2) is 4.12. The highest BCUT2D eigenvalue weighted by molar-refractivity contribution is 6.30. The Kier molecular flexibility index (Phi) is 3.01. The number of likely N-dealkylation sites (tertiary alicyclic amines) is 1. The van der Waals surface area contributed by atoms with Gasteiger partial charge < -0.3 is 10.0 Å². The molecule has 0 amide bonds. The molecule has 15 heavy (non-hydrogen) atoms. The number of aliphatic hydroxyl groups is 1. The highest BCUT2D eigenvalue weighted by atomic mass is 35.5. The van der Waals surface area contributed by atoms with Gasteiger partial charge in [0.1, 0.15) is 0 Å². The van der Waals surface area contributed by atoms with Gasteiger partial charge in [-0.3, -0.25) is 0 Å².